The van der Waals surface area contributed by atoms with Crippen LogP contribution >= 0.6 is 23.2 Å². The van der Waals surface area contributed by atoms with Crippen LogP contribution in [0.2, 0.25) is 10.0 Å². The smallest absolute Gasteiger partial charge is 0.141 e. The van der Waals surface area contributed by atoms with E-state index in [0.717, 1.165) is 6.07 Å². The van der Waals surface area contributed by atoms with Crippen LogP contribution in [0.1, 0.15) is 5.56 Å². The molecule has 2 rings (SSSR count). The lowest BCUT2D eigenvalue weighted by molar-refractivity contribution is 0.596. The average molecular weight is 318 g/mol. The molecule has 0 aliphatic heterocycles. The van der Waals surface area contributed by atoms with Crippen molar-refractivity contribution in [3.8, 4) is 0 Å². The second-order valence-corrected chi connectivity index (χ2v) is 6.18. The third kappa shape index (κ3) is 3.47. The lowest BCUT2D eigenvalue weighted by atomic mass is 10.2. The zero-order valence-corrected chi connectivity index (χ0v) is 12.0. The molecular weight excluding hydrogens is 308 g/mol. The summed E-state index contributed by atoms with van der Waals surface area (Å²) in [7, 11) is -1.55. The van der Waals surface area contributed by atoms with Crippen molar-refractivity contribution in [1.29, 1.82) is 0 Å². The molecule has 100 valence electrons. The van der Waals surface area contributed by atoms with Crippen LogP contribution in [0.4, 0.5) is 10.1 Å². The quantitative estimate of drug-likeness (QED) is 0.869. The van der Waals surface area contributed by atoms with Crippen LogP contribution < -0.4 is 5.73 Å². The van der Waals surface area contributed by atoms with E-state index < -0.39 is 16.6 Å². The topological polar surface area (TPSA) is 43.1 Å². The first-order valence-electron chi connectivity index (χ1n) is 5.34. The number of nitrogen functional groups attached to an aromatic ring is 1. The highest BCUT2D eigenvalue weighted by Gasteiger charge is 2.13. The first-order chi connectivity index (χ1) is 8.97. The SMILES string of the molecule is Nc1ccc(S(=O)Cc2cc(Cl)ccc2Cl)c(F)c1. The van der Waals surface area contributed by atoms with Gasteiger partial charge in [0.2, 0.25) is 0 Å². The lowest BCUT2D eigenvalue weighted by Gasteiger charge is -2.07. The van der Waals surface area contributed by atoms with Crippen molar-refractivity contribution in [1.82, 2.24) is 0 Å². The molecule has 0 spiro atoms. The fourth-order valence-corrected chi connectivity index (χ4v) is 3.21. The van der Waals surface area contributed by atoms with Crippen LogP contribution in [0.5, 0.6) is 0 Å². The van der Waals surface area contributed by atoms with Crippen LogP contribution in [0.15, 0.2) is 41.3 Å². The number of rotatable bonds is 3. The minimum atomic E-state index is -1.55. The van der Waals surface area contributed by atoms with Gasteiger partial charge in [-0.1, -0.05) is 23.2 Å². The Kier molecular flexibility index (Phi) is 4.45. The van der Waals surface area contributed by atoms with Crippen molar-refractivity contribution in [3.05, 3.63) is 57.8 Å². The summed E-state index contributed by atoms with van der Waals surface area (Å²) in [4.78, 5) is 0.102. The summed E-state index contributed by atoms with van der Waals surface area (Å²) in [6, 6.07) is 8.95. The minimum absolute atomic E-state index is 0.0975. The van der Waals surface area contributed by atoms with Crippen molar-refractivity contribution in [2.24, 2.45) is 0 Å². The van der Waals surface area contributed by atoms with Gasteiger partial charge in [0.1, 0.15) is 5.82 Å². The molecule has 2 N–H and O–H groups in total. The molecule has 0 aliphatic carbocycles. The van der Waals surface area contributed by atoms with Gasteiger partial charge >= 0.3 is 0 Å². The normalized spacial score (nSPS) is 12.4. The third-order valence-electron chi connectivity index (χ3n) is 2.50. The van der Waals surface area contributed by atoms with Crippen molar-refractivity contribution < 1.29 is 8.60 Å². The van der Waals surface area contributed by atoms with Crippen LogP contribution in [0.3, 0.4) is 0 Å². The van der Waals surface area contributed by atoms with Crippen LogP contribution in [0.25, 0.3) is 0 Å². The molecule has 19 heavy (non-hydrogen) atoms. The fourth-order valence-electron chi connectivity index (χ4n) is 1.57. The molecule has 1 unspecified atom stereocenters. The van der Waals surface area contributed by atoms with Crippen molar-refractivity contribution in [3.63, 3.8) is 0 Å². The first-order valence-corrected chi connectivity index (χ1v) is 7.42. The zero-order valence-electron chi connectivity index (χ0n) is 9.70. The fraction of sp³-hybridized carbons (Fsp3) is 0.0769. The van der Waals surface area contributed by atoms with Crippen molar-refractivity contribution in [2.45, 2.75) is 10.6 Å². The van der Waals surface area contributed by atoms with Gasteiger partial charge in [-0.3, -0.25) is 4.21 Å². The molecule has 0 heterocycles. The number of halogens is 3. The molecule has 6 heteroatoms. The Bertz CT molecular complexity index is 649. The lowest BCUT2D eigenvalue weighted by Crippen LogP contribution is -2.01. The van der Waals surface area contributed by atoms with Gasteiger partial charge in [0.25, 0.3) is 0 Å². The molecule has 0 radical (unpaired) electrons. The zero-order chi connectivity index (χ0) is 14.0. The summed E-state index contributed by atoms with van der Waals surface area (Å²) >= 11 is 11.8. The molecular formula is C13H10Cl2FNOS. The monoisotopic (exact) mass is 317 g/mol. The molecule has 1 atom stereocenters. The molecule has 2 aromatic rings. The third-order valence-corrected chi connectivity index (χ3v) is 4.49. The molecule has 0 saturated heterocycles. The Labute approximate surface area is 122 Å². The van der Waals surface area contributed by atoms with E-state index in [9.17, 15) is 8.60 Å². The summed E-state index contributed by atoms with van der Waals surface area (Å²) in [6.45, 7) is 0. The van der Waals surface area contributed by atoms with Gasteiger partial charge in [-0.25, -0.2) is 4.39 Å². The van der Waals surface area contributed by atoms with Gasteiger partial charge in [-0.05, 0) is 42.0 Å². The maximum Gasteiger partial charge on any atom is 0.141 e. The number of hydrogen-bond acceptors (Lipinski definition) is 2. The van der Waals surface area contributed by atoms with Crippen LogP contribution in [0, 0.1) is 5.82 Å². The molecule has 0 fully saturated rings. The van der Waals surface area contributed by atoms with E-state index in [1.54, 1.807) is 18.2 Å². The van der Waals surface area contributed by atoms with E-state index in [4.69, 9.17) is 28.9 Å². The molecule has 0 saturated carbocycles. The standard InChI is InChI=1S/C13H10Cl2FNOS/c14-9-1-3-11(15)8(5-9)7-19(18)13-4-2-10(17)6-12(13)16/h1-6H,7,17H2. The predicted octanol–water partition coefficient (Wildman–Crippen LogP) is 4.02. The van der Waals surface area contributed by atoms with E-state index in [-0.39, 0.29) is 10.6 Å². The summed E-state index contributed by atoms with van der Waals surface area (Å²) < 4.78 is 25.8. The first kappa shape index (κ1) is 14.3. The van der Waals surface area contributed by atoms with Crippen molar-refractivity contribution >= 4 is 39.7 Å². The molecule has 0 aromatic heterocycles. The summed E-state index contributed by atoms with van der Waals surface area (Å²) in [5.74, 6) is -0.489. The van der Waals surface area contributed by atoms with Gasteiger partial charge in [-0.15, -0.1) is 0 Å². The molecule has 0 amide bonds. The van der Waals surface area contributed by atoms with E-state index in [2.05, 4.69) is 0 Å². The summed E-state index contributed by atoms with van der Waals surface area (Å²) in [5.41, 5.74) is 6.35. The van der Waals surface area contributed by atoms with Crippen molar-refractivity contribution in [2.75, 3.05) is 5.73 Å². The number of anilines is 1. The second kappa shape index (κ2) is 5.90. The average Bonchev–Trinajstić information content (AvgIpc) is 2.33. The Morgan fingerprint density at radius 2 is 1.89 bits per heavy atom. The van der Waals surface area contributed by atoms with Gasteiger partial charge < -0.3 is 5.73 Å². The molecule has 0 bridgehead atoms. The Balaban J connectivity index is 2.28. The van der Waals surface area contributed by atoms with E-state index in [1.807, 2.05) is 0 Å². The van der Waals surface area contributed by atoms with Crippen LogP contribution in [-0.4, -0.2) is 4.21 Å². The van der Waals surface area contributed by atoms with E-state index in [0.29, 0.717) is 21.3 Å². The minimum Gasteiger partial charge on any atom is -0.399 e. The van der Waals surface area contributed by atoms with Gasteiger partial charge in [0.05, 0.1) is 21.4 Å². The second-order valence-electron chi connectivity index (χ2n) is 3.92. The maximum absolute atomic E-state index is 13.7. The molecule has 2 nitrogen and oxygen atoms in total. The number of hydrogen-bond donors (Lipinski definition) is 1. The molecule has 0 aliphatic rings. The molecule has 2 aromatic carbocycles. The largest absolute Gasteiger partial charge is 0.399 e. The Morgan fingerprint density at radius 3 is 2.58 bits per heavy atom. The highest BCUT2D eigenvalue weighted by Crippen LogP contribution is 2.25. The van der Waals surface area contributed by atoms with Gasteiger partial charge in [-0.2, -0.15) is 0 Å². The highest BCUT2D eigenvalue weighted by atomic mass is 35.5. The van der Waals surface area contributed by atoms with Crippen LogP contribution in [-0.2, 0) is 16.6 Å². The predicted molar refractivity (Wildman–Crippen MR) is 77.4 cm³/mol. The maximum atomic E-state index is 13.7. The number of benzene rings is 2. The number of nitrogens with two attached hydrogens (primary N) is 1. The van der Waals surface area contributed by atoms with E-state index in [1.165, 1.54) is 12.1 Å². The summed E-state index contributed by atoms with van der Waals surface area (Å²) in [5, 5.41) is 0.947. The van der Waals surface area contributed by atoms with E-state index >= 15 is 0 Å². The Morgan fingerprint density at radius 1 is 1.16 bits per heavy atom. The highest BCUT2D eigenvalue weighted by molar-refractivity contribution is 7.84. The summed E-state index contributed by atoms with van der Waals surface area (Å²) in [6.07, 6.45) is 0. The van der Waals surface area contributed by atoms with Gasteiger partial charge in [0, 0.05) is 15.7 Å². The Hall–Kier alpha value is -1.10. The van der Waals surface area contributed by atoms with Gasteiger partial charge in [0.15, 0.2) is 0 Å².